The molecule has 1 atom stereocenters. The molecule has 2 aromatic heterocycles. The number of rotatable bonds is 6. The lowest BCUT2D eigenvalue weighted by molar-refractivity contribution is -0.125. The molecule has 1 saturated heterocycles. The third-order valence-electron chi connectivity index (χ3n) is 5.30. The van der Waals surface area contributed by atoms with Crippen LogP contribution in [0.2, 0.25) is 0 Å². The Morgan fingerprint density at radius 2 is 2.12 bits per heavy atom. The van der Waals surface area contributed by atoms with E-state index in [-0.39, 0.29) is 27.9 Å². The number of fused-ring (bicyclic) bond motifs is 1. The van der Waals surface area contributed by atoms with Crippen LogP contribution < -0.4 is 21.1 Å². The summed E-state index contributed by atoms with van der Waals surface area (Å²) in [5.74, 6) is -2.33. The maximum atomic E-state index is 13.8. The first-order valence-electron chi connectivity index (χ1n) is 10.5. The van der Waals surface area contributed by atoms with Gasteiger partial charge in [-0.1, -0.05) is 11.3 Å². The Kier molecular flexibility index (Phi) is 6.63. The number of hydrogen-bond donors (Lipinski definition) is 2. The van der Waals surface area contributed by atoms with Crippen molar-refractivity contribution in [1.29, 1.82) is 0 Å². The quantitative estimate of drug-likeness (QED) is 0.564. The third-order valence-corrected chi connectivity index (χ3v) is 6.40. The molecule has 3 heterocycles. The van der Waals surface area contributed by atoms with Crippen LogP contribution in [0.15, 0.2) is 29.3 Å². The molecule has 1 aliphatic rings. The fourth-order valence-electron chi connectivity index (χ4n) is 3.70. The maximum Gasteiger partial charge on any atom is 0.273 e. The monoisotopic (exact) mass is 476 g/mol. The number of carbonyl (C=O) groups excluding carboxylic acids is 2. The van der Waals surface area contributed by atoms with E-state index in [1.807, 2.05) is 11.8 Å². The molecule has 9 nitrogen and oxygen atoms in total. The van der Waals surface area contributed by atoms with E-state index in [2.05, 4.69) is 20.6 Å². The number of piperidine rings is 1. The molecule has 174 valence electrons. The second-order valence-electron chi connectivity index (χ2n) is 7.68. The Balaban J connectivity index is 1.51. The van der Waals surface area contributed by atoms with Crippen LogP contribution in [0.4, 0.5) is 19.6 Å². The Hall–Kier alpha value is -3.41. The van der Waals surface area contributed by atoms with Crippen molar-refractivity contribution in [1.82, 2.24) is 19.9 Å². The molecule has 3 aromatic rings. The van der Waals surface area contributed by atoms with Crippen LogP contribution >= 0.6 is 11.3 Å². The van der Waals surface area contributed by atoms with Crippen molar-refractivity contribution in [3.63, 3.8) is 0 Å². The van der Waals surface area contributed by atoms with Crippen LogP contribution in [0.5, 0.6) is 0 Å². The van der Waals surface area contributed by atoms with E-state index in [1.54, 1.807) is 0 Å². The minimum absolute atomic E-state index is 0.00420. The molecule has 1 aliphatic heterocycles. The van der Waals surface area contributed by atoms with Crippen molar-refractivity contribution in [3.8, 4) is 0 Å². The Morgan fingerprint density at radius 3 is 2.91 bits per heavy atom. The number of nitrogens with one attached hydrogen (secondary N) is 2. The van der Waals surface area contributed by atoms with E-state index in [1.165, 1.54) is 6.33 Å². The summed E-state index contributed by atoms with van der Waals surface area (Å²) in [7, 11) is 0. The topological polar surface area (TPSA) is 109 Å². The Morgan fingerprint density at radius 1 is 1.30 bits per heavy atom. The van der Waals surface area contributed by atoms with Crippen LogP contribution in [0, 0.1) is 17.6 Å². The number of amides is 2. The lowest BCUT2D eigenvalue weighted by atomic mass is 9.97. The van der Waals surface area contributed by atoms with Crippen LogP contribution in [0.25, 0.3) is 10.3 Å². The molecular formula is C21H22F2N6O3S. The number of anilines is 2. The second-order valence-corrected chi connectivity index (χ2v) is 8.66. The largest absolute Gasteiger partial charge is 0.356 e. The molecular weight excluding hydrogens is 454 g/mol. The first-order chi connectivity index (χ1) is 15.9. The smallest absolute Gasteiger partial charge is 0.273 e. The van der Waals surface area contributed by atoms with Crippen molar-refractivity contribution in [3.05, 3.63) is 46.5 Å². The number of benzene rings is 1. The van der Waals surface area contributed by atoms with E-state index in [0.29, 0.717) is 24.8 Å². The van der Waals surface area contributed by atoms with Gasteiger partial charge in [-0.3, -0.25) is 19.0 Å². The summed E-state index contributed by atoms with van der Waals surface area (Å²) in [6, 6.07) is 2.70. The Bertz CT molecular complexity index is 1260. The zero-order chi connectivity index (χ0) is 23.5. The summed E-state index contributed by atoms with van der Waals surface area (Å²) in [6.45, 7) is 3.23. The van der Waals surface area contributed by atoms with Crippen molar-refractivity contribution in [2.45, 2.75) is 26.3 Å². The van der Waals surface area contributed by atoms with Crippen LogP contribution in [0.3, 0.4) is 0 Å². The van der Waals surface area contributed by atoms with Gasteiger partial charge in [-0.25, -0.2) is 13.8 Å². The lowest BCUT2D eigenvalue weighted by Crippen LogP contribution is -2.43. The van der Waals surface area contributed by atoms with Gasteiger partial charge in [0, 0.05) is 25.7 Å². The summed E-state index contributed by atoms with van der Waals surface area (Å²) in [4.78, 5) is 48.0. The summed E-state index contributed by atoms with van der Waals surface area (Å²) in [5.41, 5.74) is -0.516. The lowest BCUT2D eigenvalue weighted by Gasteiger charge is -2.31. The number of nitrogens with zero attached hydrogens (tertiary/aromatic N) is 4. The van der Waals surface area contributed by atoms with Gasteiger partial charge in [0.1, 0.15) is 29.2 Å². The number of aromatic nitrogens is 3. The molecule has 1 aromatic carbocycles. The standard InChI is InChI=1S/C21H22F2N6O3S/c1-2-24-19(31)12-4-3-7-28(9-12)21-27-18-17(33-21)20(32)29(11-25-18)10-16(30)26-15-8-13(22)5-6-14(15)23/h5-6,8,11-12H,2-4,7,9-10H2,1H3,(H,24,31)(H,26,30). The predicted molar refractivity (Wildman–Crippen MR) is 120 cm³/mol. The molecule has 2 N–H and O–H groups in total. The minimum atomic E-state index is -0.787. The van der Waals surface area contributed by atoms with Gasteiger partial charge in [-0.05, 0) is 31.9 Å². The van der Waals surface area contributed by atoms with Crippen molar-refractivity contribution in [2.24, 2.45) is 5.92 Å². The fraction of sp³-hybridized carbons (Fsp3) is 0.381. The fourth-order valence-corrected chi connectivity index (χ4v) is 4.71. The van der Waals surface area contributed by atoms with E-state index in [9.17, 15) is 23.2 Å². The first kappa shape index (κ1) is 22.8. The van der Waals surface area contributed by atoms with Crippen LogP contribution in [-0.2, 0) is 16.1 Å². The number of thiazole rings is 1. The molecule has 12 heteroatoms. The average Bonchev–Trinajstić information content (AvgIpc) is 3.24. The zero-order valence-electron chi connectivity index (χ0n) is 17.8. The van der Waals surface area contributed by atoms with Crippen LogP contribution in [-0.4, -0.2) is 46.0 Å². The van der Waals surface area contributed by atoms with Gasteiger partial charge in [0.05, 0.1) is 11.6 Å². The van der Waals surface area contributed by atoms with Gasteiger partial charge >= 0.3 is 0 Å². The molecule has 4 rings (SSSR count). The van der Waals surface area contributed by atoms with Gasteiger partial charge in [0.2, 0.25) is 11.8 Å². The normalized spacial score (nSPS) is 16.1. The van der Waals surface area contributed by atoms with E-state index in [4.69, 9.17) is 0 Å². The molecule has 0 bridgehead atoms. The molecule has 0 aliphatic carbocycles. The molecule has 0 spiro atoms. The molecule has 33 heavy (non-hydrogen) atoms. The SMILES string of the molecule is CCNC(=O)C1CCCN(c2nc3ncn(CC(=O)Nc4cc(F)ccc4F)c(=O)c3s2)C1. The number of hydrogen-bond acceptors (Lipinski definition) is 7. The van der Waals surface area contributed by atoms with Gasteiger partial charge in [0.15, 0.2) is 10.8 Å². The van der Waals surface area contributed by atoms with Gasteiger partial charge < -0.3 is 15.5 Å². The zero-order valence-corrected chi connectivity index (χ0v) is 18.6. The second kappa shape index (κ2) is 9.61. The van der Waals surface area contributed by atoms with Crippen molar-refractivity contribution in [2.75, 3.05) is 29.9 Å². The molecule has 1 fully saturated rings. The highest BCUT2D eigenvalue weighted by molar-refractivity contribution is 7.22. The van der Waals surface area contributed by atoms with Gasteiger partial charge in [-0.15, -0.1) is 0 Å². The maximum absolute atomic E-state index is 13.8. The third kappa shape index (κ3) is 5.00. The van der Waals surface area contributed by atoms with Gasteiger partial charge in [-0.2, -0.15) is 4.98 Å². The van der Waals surface area contributed by atoms with E-state index >= 15 is 0 Å². The highest BCUT2D eigenvalue weighted by Gasteiger charge is 2.27. The summed E-state index contributed by atoms with van der Waals surface area (Å²) >= 11 is 1.15. The molecule has 1 unspecified atom stereocenters. The average molecular weight is 477 g/mol. The van der Waals surface area contributed by atoms with Gasteiger partial charge in [0.25, 0.3) is 5.56 Å². The van der Waals surface area contributed by atoms with E-state index in [0.717, 1.165) is 46.9 Å². The van der Waals surface area contributed by atoms with Crippen molar-refractivity contribution < 1.29 is 18.4 Å². The van der Waals surface area contributed by atoms with Crippen molar-refractivity contribution >= 4 is 44.3 Å². The number of carbonyl (C=O) groups is 2. The minimum Gasteiger partial charge on any atom is -0.356 e. The summed E-state index contributed by atoms with van der Waals surface area (Å²) < 4.78 is 28.4. The molecule has 0 radical (unpaired) electrons. The number of halogens is 2. The molecule has 0 saturated carbocycles. The Labute approximate surface area is 191 Å². The van der Waals surface area contributed by atoms with E-state index < -0.39 is 29.6 Å². The highest BCUT2D eigenvalue weighted by atomic mass is 32.1. The summed E-state index contributed by atoms with van der Waals surface area (Å²) in [6.07, 6.45) is 2.81. The highest BCUT2D eigenvalue weighted by Crippen LogP contribution is 2.29. The summed E-state index contributed by atoms with van der Waals surface area (Å²) in [5, 5.41) is 5.69. The molecule has 2 amide bonds. The predicted octanol–water partition coefficient (Wildman–Crippen LogP) is 2.12. The van der Waals surface area contributed by atoms with Crippen LogP contribution in [0.1, 0.15) is 19.8 Å². The first-order valence-corrected chi connectivity index (χ1v) is 11.3.